The number of rotatable bonds is 4. The molecule has 0 saturated heterocycles. The lowest BCUT2D eigenvalue weighted by molar-refractivity contribution is 0.591. The van der Waals surface area contributed by atoms with E-state index in [0.717, 1.165) is 16.5 Å². The Morgan fingerprint density at radius 3 is 2.79 bits per heavy atom. The molecule has 1 atom stereocenters. The SMILES string of the molecule is CNC(Cc1ccnc(N)c1)c1ccc(Cl)c(Br)c1. The average molecular weight is 341 g/mol. The van der Waals surface area contributed by atoms with Gasteiger partial charge in [0.1, 0.15) is 5.82 Å². The highest BCUT2D eigenvalue weighted by Crippen LogP contribution is 2.27. The molecule has 1 unspecified atom stereocenters. The Kier molecular flexibility index (Phi) is 4.80. The highest BCUT2D eigenvalue weighted by Gasteiger charge is 2.12. The molecule has 0 radical (unpaired) electrons. The topological polar surface area (TPSA) is 50.9 Å². The Morgan fingerprint density at radius 2 is 2.16 bits per heavy atom. The Hall–Kier alpha value is -1.10. The first kappa shape index (κ1) is 14.3. The molecule has 0 aliphatic heterocycles. The van der Waals surface area contributed by atoms with Gasteiger partial charge in [-0.15, -0.1) is 0 Å². The average Bonchev–Trinajstić information content (AvgIpc) is 2.39. The van der Waals surface area contributed by atoms with Crippen LogP contribution >= 0.6 is 27.5 Å². The van der Waals surface area contributed by atoms with Crippen LogP contribution in [0.2, 0.25) is 5.02 Å². The van der Waals surface area contributed by atoms with E-state index in [2.05, 4.69) is 26.2 Å². The zero-order chi connectivity index (χ0) is 13.8. The molecular formula is C14H15BrClN3. The van der Waals surface area contributed by atoms with Crippen molar-refractivity contribution in [3.63, 3.8) is 0 Å². The third-order valence-corrected chi connectivity index (χ3v) is 4.19. The standard InChI is InChI=1S/C14H15BrClN3/c1-18-13(6-9-4-5-19-14(17)7-9)10-2-3-12(16)11(15)8-10/h2-5,7-8,13,18H,6H2,1H3,(H2,17,19). The van der Waals surface area contributed by atoms with E-state index in [0.29, 0.717) is 10.8 Å². The molecule has 3 nitrogen and oxygen atoms in total. The van der Waals surface area contributed by atoms with Gasteiger partial charge in [0.2, 0.25) is 0 Å². The zero-order valence-electron chi connectivity index (χ0n) is 10.5. The number of nitrogens with zero attached hydrogens (tertiary/aromatic N) is 1. The van der Waals surface area contributed by atoms with Crippen LogP contribution < -0.4 is 11.1 Å². The van der Waals surface area contributed by atoms with Crippen molar-refractivity contribution in [1.29, 1.82) is 0 Å². The maximum Gasteiger partial charge on any atom is 0.123 e. The van der Waals surface area contributed by atoms with Gasteiger partial charge >= 0.3 is 0 Å². The first-order valence-corrected chi connectivity index (χ1v) is 7.10. The summed E-state index contributed by atoms with van der Waals surface area (Å²) in [6, 6.07) is 10.0. The summed E-state index contributed by atoms with van der Waals surface area (Å²) in [5.74, 6) is 0.546. The van der Waals surface area contributed by atoms with Crippen molar-refractivity contribution < 1.29 is 0 Å². The second-order valence-corrected chi connectivity index (χ2v) is 5.57. The van der Waals surface area contributed by atoms with E-state index in [1.807, 2.05) is 37.4 Å². The van der Waals surface area contributed by atoms with Crippen LogP contribution in [-0.2, 0) is 6.42 Å². The van der Waals surface area contributed by atoms with Crippen molar-refractivity contribution in [3.05, 3.63) is 57.2 Å². The summed E-state index contributed by atoms with van der Waals surface area (Å²) in [5.41, 5.74) is 8.03. The van der Waals surface area contributed by atoms with Gasteiger partial charge in [-0.25, -0.2) is 4.98 Å². The molecule has 2 aromatic rings. The van der Waals surface area contributed by atoms with Crippen LogP contribution in [-0.4, -0.2) is 12.0 Å². The van der Waals surface area contributed by atoms with Gasteiger partial charge in [0, 0.05) is 16.7 Å². The van der Waals surface area contributed by atoms with E-state index in [1.54, 1.807) is 6.20 Å². The fourth-order valence-corrected chi connectivity index (χ4v) is 2.49. The first-order valence-electron chi connectivity index (χ1n) is 5.92. The smallest absolute Gasteiger partial charge is 0.123 e. The number of benzene rings is 1. The molecular weight excluding hydrogens is 326 g/mol. The molecule has 2 rings (SSSR count). The van der Waals surface area contributed by atoms with Gasteiger partial charge < -0.3 is 11.1 Å². The first-order chi connectivity index (χ1) is 9.10. The van der Waals surface area contributed by atoms with Crippen LogP contribution in [0.3, 0.4) is 0 Å². The molecule has 0 aliphatic rings. The highest BCUT2D eigenvalue weighted by atomic mass is 79.9. The van der Waals surface area contributed by atoms with E-state index in [1.165, 1.54) is 5.56 Å². The van der Waals surface area contributed by atoms with E-state index < -0.39 is 0 Å². The van der Waals surface area contributed by atoms with Crippen molar-refractivity contribution in [2.45, 2.75) is 12.5 Å². The minimum atomic E-state index is 0.204. The van der Waals surface area contributed by atoms with Gasteiger partial charge in [0.05, 0.1) is 5.02 Å². The van der Waals surface area contributed by atoms with Crippen molar-refractivity contribution in [2.24, 2.45) is 0 Å². The lowest BCUT2D eigenvalue weighted by Crippen LogP contribution is -2.19. The summed E-state index contributed by atoms with van der Waals surface area (Å²) >= 11 is 9.47. The monoisotopic (exact) mass is 339 g/mol. The normalized spacial score (nSPS) is 12.4. The quantitative estimate of drug-likeness (QED) is 0.894. The number of hydrogen-bond acceptors (Lipinski definition) is 3. The number of nitrogens with two attached hydrogens (primary N) is 1. The molecule has 0 spiro atoms. The largest absolute Gasteiger partial charge is 0.384 e. The van der Waals surface area contributed by atoms with Crippen molar-refractivity contribution in [2.75, 3.05) is 12.8 Å². The van der Waals surface area contributed by atoms with Gasteiger partial charge in [-0.2, -0.15) is 0 Å². The molecule has 1 aromatic carbocycles. The van der Waals surface area contributed by atoms with E-state index in [-0.39, 0.29) is 6.04 Å². The summed E-state index contributed by atoms with van der Waals surface area (Å²) in [7, 11) is 1.94. The molecule has 19 heavy (non-hydrogen) atoms. The van der Waals surface area contributed by atoms with Gasteiger partial charge in [0.15, 0.2) is 0 Å². The van der Waals surface area contributed by atoms with Crippen LogP contribution in [0.25, 0.3) is 0 Å². The van der Waals surface area contributed by atoms with Gasteiger partial charge in [-0.1, -0.05) is 17.7 Å². The summed E-state index contributed by atoms with van der Waals surface area (Å²) in [4.78, 5) is 4.00. The van der Waals surface area contributed by atoms with Gasteiger partial charge in [-0.05, 0) is 64.8 Å². The third kappa shape index (κ3) is 3.69. The number of halogens is 2. The fraction of sp³-hybridized carbons (Fsp3) is 0.214. The Labute approximate surface area is 126 Å². The predicted octanol–water partition coefficient (Wildman–Crippen LogP) is 3.58. The molecule has 0 saturated carbocycles. The molecule has 0 amide bonds. The zero-order valence-corrected chi connectivity index (χ0v) is 12.9. The van der Waals surface area contributed by atoms with E-state index >= 15 is 0 Å². The van der Waals surface area contributed by atoms with Crippen LogP contribution in [0, 0.1) is 0 Å². The molecule has 0 fully saturated rings. The number of aromatic nitrogens is 1. The minimum absolute atomic E-state index is 0.204. The Bertz CT molecular complexity index is 574. The number of hydrogen-bond donors (Lipinski definition) is 2. The molecule has 5 heteroatoms. The van der Waals surface area contributed by atoms with E-state index in [9.17, 15) is 0 Å². The van der Waals surface area contributed by atoms with Crippen molar-refractivity contribution in [3.8, 4) is 0 Å². The fourth-order valence-electron chi connectivity index (χ4n) is 1.97. The van der Waals surface area contributed by atoms with Crippen LogP contribution in [0.5, 0.6) is 0 Å². The predicted molar refractivity (Wildman–Crippen MR) is 83.3 cm³/mol. The number of nitrogen functional groups attached to an aromatic ring is 1. The number of likely N-dealkylation sites (N-methyl/N-ethyl adjacent to an activating group) is 1. The number of nitrogens with one attached hydrogen (secondary N) is 1. The Morgan fingerprint density at radius 1 is 1.37 bits per heavy atom. The summed E-state index contributed by atoms with van der Waals surface area (Å²) < 4.78 is 0.904. The summed E-state index contributed by atoms with van der Waals surface area (Å²) in [6.45, 7) is 0. The van der Waals surface area contributed by atoms with Crippen molar-refractivity contribution in [1.82, 2.24) is 10.3 Å². The molecule has 100 valence electrons. The molecule has 1 heterocycles. The van der Waals surface area contributed by atoms with E-state index in [4.69, 9.17) is 17.3 Å². The second kappa shape index (κ2) is 6.37. The number of pyridine rings is 1. The molecule has 3 N–H and O–H groups in total. The maximum atomic E-state index is 6.02. The lowest BCUT2D eigenvalue weighted by Gasteiger charge is -2.17. The van der Waals surface area contributed by atoms with Gasteiger partial charge in [-0.3, -0.25) is 0 Å². The molecule has 1 aromatic heterocycles. The Balaban J connectivity index is 2.22. The molecule has 0 bridgehead atoms. The van der Waals surface area contributed by atoms with Crippen LogP contribution in [0.15, 0.2) is 41.0 Å². The van der Waals surface area contributed by atoms with Crippen LogP contribution in [0.4, 0.5) is 5.82 Å². The summed E-state index contributed by atoms with van der Waals surface area (Å²) in [5, 5.41) is 4.02. The summed E-state index contributed by atoms with van der Waals surface area (Å²) in [6.07, 6.45) is 2.58. The maximum absolute atomic E-state index is 6.02. The van der Waals surface area contributed by atoms with Crippen LogP contribution in [0.1, 0.15) is 17.2 Å². The second-order valence-electron chi connectivity index (χ2n) is 4.31. The lowest BCUT2D eigenvalue weighted by atomic mass is 9.99. The van der Waals surface area contributed by atoms with Gasteiger partial charge in [0.25, 0.3) is 0 Å². The number of anilines is 1. The third-order valence-electron chi connectivity index (χ3n) is 2.98. The highest BCUT2D eigenvalue weighted by molar-refractivity contribution is 9.10. The van der Waals surface area contributed by atoms with Crippen molar-refractivity contribution >= 4 is 33.3 Å². The molecule has 0 aliphatic carbocycles. The minimum Gasteiger partial charge on any atom is -0.384 e.